The fraction of sp³-hybridized carbons (Fsp3) is 0.556. The summed E-state index contributed by atoms with van der Waals surface area (Å²) in [7, 11) is 0. The lowest BCUT2D eigenvalue weighted by Crippen LogP contribution is -2.35. The van der Waals surface area contributed by atoms with Crippen LogP contribution in [0, 0.1) is 0 Å². The standard InChI is InChI=1S/C9H13N3O2/c1-2-8(13)12-4-3-7-6(5-12)9(10)11-14-7/h2-5H2,1H3,(H2,10,11). The van der Waals surface area contributed by atoms with Gasteiger partial charge in [0.05, 0.1) is 12.1 Å². The molecule has 5 nitrogen and oxygen atoms in total. The number of carbonyl (C=O) groups excluding carboxylic acids is 1. The van der Waals surface area contributed by atoms with Gasteiger partial charge >= 0.3 is 0 Å². The molecule has 0 saturated heterocycles. The molecule has 1 amide bonds. The van der Waals surface area contributed by atoms with E-state index >= 15 is 0 Å². The summed E-state index contributed by atoms with van der Waals surface area (Å²) >= 11 is 0. The molecular formula is C9H13N3O2. The van der Waals surface area contributed by atoms with Crippen LogP contribution in [0.1, 0.15) is 24.7 Å². The molecule has 14 heavy (non-hydrogen) atoms. The predicted octanol–water partition coefficient (Wildman–Crippen LogP) is 0.552. The van der Waals surface area contributed by atoms with Gasteiger partial charge in [-0.15, -0.1) is 0 Å². The minimum absolute atomic E-state index is 0.149. The summed E-state index contributed by atoms with van der Waals surface area (Å²) in [6, 6.07) is 0. The van der Waals surface area contributed by atoms with Crippen molar-refractivity contribution in [1.29, 1.82) is 0 Å². The number of fused-ring (bicyclic) bond motifs is 1. The van der Waals surface area contributed by atoms with Gasteiger partial charge in [-0.1, -0.05) is 12.1 Å². The minimum Gasteiger partial charge on any atom is -0.381 e. The first-order valence-corrected chi connectivity index (χ1v) is 4.73. The van der Waals surface area contributed by atoms with E-state index < -0.39 is 0 Å². The summed E-state index contributed by atoms with van der Waals surface area (Å²) in [4.78, 5) is 13.2. The second-order valence-corrected chi connectivity index (χ2v) is 3.39. The Balaban J connectivity index is 2.20. The van der Waals surface area contributed by atoms with Crippen LogP contribution >= 0.6 is 0 Å². The largest absolute Gasteiger partial charge is 0.381 e. The average molecular weight is 195 g/mol. The molecule has 0 aromatic carbocycles. The monoisotopic (exact) mass is 195 g/mol. The summed E-state index contributed by atoms with van der Waals surface area (Å²) in [5.74, 6) is 1.38. The highest BCUT2D eigenvalue weighted by molar-refractivity contribution is 5.76. The molecule has 0 radical (unpaired) electrons. The number of aromatic nitrogens is 1. The van der Waals surface area contributed by atoms with E-state index in [2.05, 4.69) is 5.16 Å². The van der Waals surface area contributed by atoms with Crippen molar-refractivity contribution >= 4 is 11.7 Å². The number of carbonyl (C=O) groups is 1. The molecule has 76 valence electrons. The molecule has 0 aliphatic carbocycles. The van der Waals surface area contributed by atoms with E-state index in [9.17, 15) is 4.79 Å². The molecule has 0 spiro atoms. The van der Waals surface area contributed by atoms with E-state index in [-0.39, 0.29) is 5.91 Å². The van der Waals surface area contributed by atoms with Crippen molar-refractivity contribution in [2.24, 2.45) is 0 Å². The average Bonchev–Trinajstić information content (AvgIpc) is 2.59. The molecule has 2 N–H and O–H groups in total. The van der Waals surface area contributed by atoms with Gasteiger partial charge in [0.15, 0.2) is 5.82 Å². The molecule has 2 heterocycles. The van der Waals surface area contributed by atoms with E-state index in [0.29, 0.717) is 31.7 Å². The van der Waals surface area contributed by atoms with Crippen LogP contribution in [-0.4, -0.2) is 22.5 Å². The van der Waals surface area contributed by atoms with Crippen molar-refractivity contribution in [3.8, 4) is 0 Å². The van der Waals surface area contributed by atoms with Gasteiger partial charge in [0.25, 0.3) is 0 Å². The van der Waals surface area contributed by atoms with Crippen LogP contribution in [-0.2, 0) is 17.8 Å². The molecule has 1 aliphatic rings. The normalized spacial score (nSPS) is 15.4. The maximum Gasteiger partial charge on any atom is 0.222 e. The Kier molecular flexibility index (Phi) is 2.15. The highest BCUT2D eigenvalue weighted by Gasteiger charge is 2.24. The zero-order valence-electron chi connectivity index (χ0n) is 8.12. The first-order chi connectivity index (χ1) is 6.72. The smallest absolute Gasteiger partial charge is 0.222 e. The molecule has 1 aromatic rings. The summed E-state index contributed by atoms with van der Waals surface area (Å²) in [6.07, 6.45) is 1.24. The van der Waals surface area contributed by atoms with Gasteiger partial charge in [-0.2, -0.15) is 0 Å². The third kappa shape index (κ3) is 1.34. The molecule has 0 atom stereocenters. The fourth-order valence-electron chi connectivity index (χ4n) is 1.67. The zero-order chi connectivity index (χ0) is 10.1. The van der Waals surface area contributed by atoms with Gasteiger partial charge in [0, 0.05) is 19.4 Å². The third-order valence-corrected chi connectivity index (χ3v) is 2.51. The van der Waals surface area contributed by atoms with Gasteiger partial charge < -0.3 is 15.2 Å². The Labute approximate surface area is 81.8 Å². The van der Waals surface area contributed by atoms with Crippen molar-refractivity contribution in [2.45, 2.75) is 26.3 Å². The minimum atomic E-state index is 0.149. The molecular weight excluding hydrogens is 182 g/mol. The lowest BCUT2D eigenvalue weighted by atomic mass is 10.1. The Morgan fingerprint density at radius 3 is 3.21 bits per heavy atom. The molecule has 0 unspecified atom stereocenters. The van der Waals surface area contributed by atoms with Gasteiger partial charge in [0.2, 0.25) is 5.91 Å². The first-order valence-electron chi connectivity index (χ1n) is 4.73. The number of hydrogen-bond acceptors (Lipinski definition) is 4. The first kappa shape index (κ1) is 9.05. The van der Waals surface area contributed by atoms with Crippen molar-refractivity contribution in [2.75, 3.05) is 12.3 Å². The number of nitrogen functional groups attached to an aromatic ring is 1. The lowest BCUT2D eigenvalue weighted by molar-refractivity contribution is -0.131. The van der Waals surface area contributed by atoms with Crippen LogP contribution in [0.3, 0.4) is 0 Å². The van der Waals surface area contributed by atoms with Gasteiger partial charge in [0.1, 0.15) is 5.76 Å². The number of anilines is 1. The summed E-state index contributed by atoms with van der Waals surface area (Å²) in [5.41, 5.74) is 6.50. The van der Waals surface area contributed by atoms with Crippen molar-refractivity contribution in [1.82, 2.24) is 10.1 Å². The van der Waals surface area contributed by atoms with E-state index in [1.54, 1.807) is 4.90 Å². The Bertz CT molecular complexity index is 359. The number of rotatable bonds is 1. The number of amides is 1. The fourth-order valence-corrected chi connectivity index (χ4v) is 1.67. The maximum atomic E-state index is 11.4. The van der Waals surface area contributed by atoms with Gasteiger partial charge in [-0.05, 0) is 0 Å². The van der Waals surface area contributed by atoms with Crippen LogP contribution < -0.4 is 5.73 Å². The van der Waals surface area contributed by atoms with E-state index in [1.165, 1.54) is 0 Å². The number of nitrogens with zero attached hydrogens (tertiary/aromatic N) is 2. The number of nitrogens with two attached hydrogens (primary N) is 1. The highest BCUT2D eigenvalue weighted by atomic mass is 16.5. The summed E-state index contributed by atoms with van der Waals surface area (Å²) < 4.78 is 5.04. The van der Waals surface area contributed by atoms with Crippen molar-refractivity contribution in [3.63, 3.8) is 0 Å². The van der Waals surface area contributed by atoms with Crippen LogP contribution in [0.2, 0.25) is 0 Å². The molecule has 0 bridgehead atoms. The summed E-state index contributed by atoms with van der Waals surface area (Å²) in [6.45, 7) is 3.10. The molecule has 1 aromatic heterocycles. The van der Waals surface area contributed by atoms with Crippen molar-refractivity contribution < 1.29 is 9.32 Å². The molecule has 0 saturated carbocycles. The predicted molar refractivity (Wildman–Crippen MR) is 50.3 cm³/mol. The second-order valence-electron chi connectivity index (χ2n) is 3.39. The van der Waals surface area contributed by atoms with Gasteiger partial charge in [-0.25, -0.2) is 0 Å². The molecule has 0 fully saturated rings. The Hall–Kier alpha value is -1.52. The highest BCUT2D eigenvalue weighted by Crippen LogP contribution is 2.23. The topological polar surface area (TPSA) is 72.4 Å². The van der Waals surface area contributed by atoms with E-state index in [1.807, 2.05) is 6.92 Å². The van der Waals surface area contributed by atoms with Crippen LogP contribution in [0.5, 0.6) is 0 Å². The Morgan fingerprint density at radius 2 is 2.50 bits per heavy atom. The van der Waals surface area contributed by atoms with Crippen LogP contribution in [0.25, 0.3) is 0 Å². The van der Waals surface area contributed by atoms with Crippen molar-refractivity contribution in [3.05, 3.63) is 11.3 Å². The van der Waals surface area contributed by atoms with Crippen LogP contribution in [0.4, 0.5) is 5.82 Å². The zero-order valence-corrected chi connectivity index (χ0v) is 8.12. The second kappa shape index (κ2) is 3.32. The Morgan fingerprint density at radius 1 is 1.71 bits per heavy atom. The lowest BCUT2D eigenvalue weighted by Gasteiger charge is -2.25. The third-order valence-electron chi connectivity index (χ3n) is 2.51. The molecule has 1 aliphatic heterocycles. The quantitative estimate of drug-likeness (QED) is 0.710. The molecule has 2 rings (SSSR count). The van der Waals surface area contributed by atoms with E-state index in [4.69, 9.17) is 10.3 Å². The SMILES string of the molecule is CCC(=O)N1CCc2onc(N)c2C1. The molecule has 5 heteroatoms. The summed E-state index contributed by atoms with van der Waals surface area (Å²) in [5, 5.41) is 3.68. The van der Waals surface area contributed by atoms with E-state index in [0.717, 1.165) is 11.3 Å². The maximum absolute atomic E-state index is 11.4. The number of hydrogen-bond donors (Lipinski definition) is 1. The van der Waals surface area contributed by atoms with Gasteiger partial charge in [-0.3, -0.25) is 4.79 Å². The van der Waals surface area contributed by atoms with Crippen LogP contribution in [0.15, 0.2) is 4.52 Å².